The molecule has 2 fully saturated rings. The standard InChI is InChI=1S/C10H12N2O3S2/c13-6-3-7-12(6)8(9(14)15)10(17-7)16-5-1-2-11-4-5/h5,7,11H,1-4H2,(H,14,15)/t5?,7-/m1/s1. The van der Waals surface area contributed by atoms with Gasteiger partial charge in [0.1, 0.15) is 0 Å². The number of fused-ring (bicyclic) bond motifs is 1. The number of amides is 1. The van der Waals surface area contributed by atoms with Crippen molar-refractivity contribution in [2.75, 3.05) is 13.1 Å². The molecule has 2 N–H and O–H groups in total. The Bertz CT molecular complexity index is 418. The number of aliphatic carboxylic acids is 1. The lowest BCUT2D eigenvalue weighted by Crippen LogP contribution is -2.48. The van der Waals surface area contributed by atoms with Crippen LogP contribution in [0.4, 0.5) is 0 Å². The van der Waals surface area contributed by atoms with Gasteiger partial charge in [0, 0.05) is 11.8 Å². The molecule has 0 bridgehead atoms. The zero-order valence-electron chi connectivity index (χ0n) is 9.01. The molecule has 2 saturated heterocycles. The molecule has 1 amide bonds. The largest absolute Gasteiger partial charge is 0.477 e. The van der Waals surface area contributed by atoms with Crippen molar-refractivity contribution in [3.05, 3.63) is 9.93 Å². The van der Waals surface area contributed by atoms with Crippen molar-refractivity contribution in [3.8, 4) is 0 Å². The topological polar surface area (TPSA) is 69.6 Å². The zero-order chi connectivity index (χ0) is 12.0. The van der Waals surface area contributed by atoms with Gasteiger partial charge in [-0.2, -0.15) is 0 Å². The minimum absolute atomic E-state index is 0.0328. The van der Waals surface area contributed by atoms with Crippen molar-refractivity contribution in [2.45, 2.75) is 23.5 Å². The summed E-state index contributed by atoms with van der Waals surface area (Å²) in [7, 11) is 0. The molecule has 3 aliphatic heterocycles. The summed E-state index contributed by atoms with van der Waals surface area (Å²) in [6, 6.07) is 0. The van der Waals surface area contributed by atoms with E-state index in [0.717, 1.165) is 23.7 Å². The van der Waals surface area contributed by atoms with E-state index in [1.165, 1.54) is 16.7 Å². The van der Waals surface area contributed by atoms with Gasteiger partial charge in [0.15, 0.2) is 5.70 Å². The molecule has 3 rings (SSSR count). The summed E-state index contributed by atoms with van der Waals surface area (Å²) in [6.07, 6.45) is 1.52. The van der Waals surface area contributed by atoms with Gasteiger partial charge in [-0.05, 0) is 13.0 Å². The number of carbonyl (C=O) groups excluding carboxylic acids is 1. The van der Waals surface area contributed by atoms with Crippen molar-refractivity contribution in [1.82, 2.24) is 10.2 Å². The van der Waals surface area contributed by atoms with Gasteiger partial charge < -0.3 is 10.4 Å². The maximum Gasteiger partial charge on any atom is 0.354 e. The quantitative estimate of drug-likeness (QED) is 0.735. The SMILES string of the molecule is O=C(O)C1=C(SC2CCNC2)S[C@@H]2CC(=O)N12. The molecule has 0 radical (unpaired) electrons. The van der Waals surface area contributed by atoms with Gasteiger partial charge in [-0.1, -0.05) is 11.8 Å². The number of carbonyl (C=O) groups is 2. The monoisotopic (exact) mass is 272 g/mol. The average molecular weight is 272 g/mol. The van der Waals surface area contributed by atoms with E-state index in [-0.39, 0.29) is 17.0 Å². The summed E-state index contributed by atoms with van der Waals surface area (Å²) in [4.78, 5) is 24.1. The van der Waals surface area contributed by atoms with Gasteiger partial charge in [-0.15, -0.1) is 11.8 Å². The van der Waals surface area contributed by atoms with E-state index in [1.807, 2.05) is 0 Å². The highest BCUT2D eigenvalue weighted by Crippen LogP contribution is 2.51. The van der Waals surface area contributed by atoms with Crippen LogP contribution in [-0.2, 0) is 9.59 Å². The van der Waals surface area contributed by atoms with Crippen LogP contribution in [-0.4, -0.2) is 45.6 Å². The fraction of sp³-hybridized carbons (Fsp3) is 0.600. The Morgan fingerprint density at radius 1 is 1.59 bits per heavy atom. The molecule has 17 heavy (non-hydrogen) atoms. The normalized spacial score (nSPS) is 31.8. The fourth-order valence-corrected chi connectivity index (χ4v) is 5.28. The van der Waals surface area contributed by atoms with E-state index in [2.05, 4.69) is 5.32 Å². The number of hydrogen-bond acceptors (Lipinski definition) is 5. The smallest absolute Gasteiger partial charge is 0.354 e. The van der Waals surface area contributed by atoms with Crippen molar-refractivity contribution < 1.29 is 14.7 Å². The van der Waals surface area contributed by atoms with Crippen molar-refractivity contribution in [3.63, 3.8) is 0 Å². The number of carboxylic acids is 1. The Labute approximate surface area is 107 Å². The zero-order valence-corrected chi connectivity index (χ0v) is 10.6. The van der Waals surface area contributed by atoms with E-state index < -0.39 is 5.97 Å². The van der Waals surface area contributed by atoms with E-state index >= 15 is 0 Å². The van der Waals surface area contributed by atoms with Crippen LogP contribution in [0.25, 0.3) is 0 Å². The molecule has 0 aromatic carbocycles. The van der Waals surface area contributed by atoms with Crippen LogP contribution in [0.3, 0.4) is 0 Å². The summed E-state index contributed by atoms with van der Waals surface area (Å²) >= 11 is 3.13. The Kier molecular flexibility index (Phi) is 2.84. The number of thioether (sulfide) groups is 2. The molecule has 0 aromatic heterocycles. The highest BCUT2D eigenvalue weighted by atomic mass is 32.2. The number of nitrogens with one attached hydrogen (secondary N) is 1. The molecule has 2 atom stereocenters. The highest BCUT2D eigenvalue weighted by Gasteiger charge is 2.49. The van der Waals surface area contributed by atoms with Gasteiger partial charge in [-0.25, -0.2) is 4.79 Å². The molecule has 7 heteroatoms. The Hall–Kier alpha value is -0.660. The maximum absolute atomic E-state index is 11.4. The van der Waals surface area contributed by atoms with Crippen LogP contribution >= 0.6 is 23.5 Å². The number of nitrogens with zero attached hydrogens (tertiary/aromatic N) is 1. The van der Waals surface area contributed by atoms with E-state index in [9.17, 15) is 14.7 Å². The number of β-lactam (4-membered cyclic amide) rings is 1. The minimum Gasteiger partial charge on any atom is -0.477 e. The van der Waals surface area contributed by atoms with E-state index in [4.69, 9.17) is 0 Å². The summed E-state index contributed by atoms with van der Waals surface area (Å²) in [5.41, 5.74) is 0.202. The minimum atomic E-state index is -0.985. The summed E-state index contributed by atoms with van der Waals surface area (Å²) in [5.74, 6) is -1.05. The third-order valence-electron chi connectivity index (χ3n) is 3.07. The predicted molar refractivity (Wildman–Crippen MR) is 66.4 cm³/mol. The molecule has 0 aliphatic carbocycles. The van der Waals surface area contributed by atoms with Crippen molar-refractivity contribution in [2.24, 2.45) is 0 Å². The molecule has 0 spiro atoms. The van der Waals surface area contributed by atoms with E-state index in [0.29, 0.717) is 11.7 Å². The second-order valence-corrected chi connectivity index (χ2v) is 6.97. The first-order valence-corrected chi connectivity index (χ1v) is 7.26. The van der Waals surface area contributed by atoms with Crippen molar-refractivity contribution >= 4 is 35.4 Å². The summed E-state index contributed by atoms with van der Waals surface area (Å²) < 4.78 is 0.807. The van der Waals surface area contributed by atoms with E-state index in [1.54, 1.807) is 11.8 Å². The van der Waals surface area contributed by atoms with Gasteiger partial charge in [0.25, 0.3) is 0 Å². The molecule has 92 valence electrons. The first-order valence-electron chi connectivity index (χ1n) is 5.50. The number of carboxylic acid groups (broad SMARTS) is 1. The van der Waals surface area contributed by atoms with Crippen LogP contribution < -0.4 is 5.32 Å². The first-order chi connectivity index (χ1) is 8.16. The first kappa shape index (κ1) is 11.4. The molecule has 5 nitrogen and oxygen atoms in total. The van der Waals surface area contributed by atoms with Crippen LogP contribution in [0.5, 0.6) is 0 Å². The molecular weight excluding hydrogens is 260 g/mol. The molecule has 0 aromatic rings. The third kappa shape index (κ3) is 1.86. The van der Waals surface area contributed by atoms with Gasteiger partial charge in [0.2, 0.25) is 5.91 Å². The highest BCUT2D eigenvalue weighted by molar-refractivity contribution is 8.23. The van der Waals surface area contributed by atoms with Gasteiger partial charge in [0.05, 0.1) is 16.0 Å². The van der Waals surface area contributed by atoms with Gasteiger partial charge >= 0.3 is 5.97 Å². The molecule has 1 unspecified atom stereocenters. The molecule has 3 heterocycles. The maximum atomic E-state index is 11.4. The van der Waals surface area contributed by atoms with Crippen LogP contribution in [0.2, 0.25) is 0 Å². The summed E-state index contributed by atoms with van der Waals surface area (Å²) in [6.45, 7) is 1.91. The average Bonchev–Trinajstić information content (AvgIpc) is 2.84. The van der Waals surface area contributed by atoms with Gasteiger partial charge in [-0.3, -0.25) is 9.69 Å². The molecule has 3 aliphatic rings. The van der Waals surface area contributed by atoms with Crippen molar-refractivity contribution in [1.29, 1.82) is 0 Å². The van der Waals surface area contributed by atoms with Crippen LogP contribution in [0, 0.1) is 0 Å². The Morgan fingerprint density at radius 2 is 2.41 bits per heavy atom. The lowest BCUT2D eigenvalue weighted by Gasteiger charge is -2.33. The third-order valence-corrected chi connectivity index (χ3v) is 5.85. The lowest BCUT2D eigenvalue weighted by atomic mass is 10.2. The van der Waals surface area contributed by atoms with Crippen LogP contribution in [0.15, 0.2) is 9.93 Å². The number of hydrogen-bond donors (Lipinski definition) is 2. The number of rotatable bonds is 3. The fourth-order valence-electron chi connectivity index (χ4n) is 2.18. The second-order valence-electron chi connectivity index (χ2n) is 4.21. The molecule has 0 saturated carbocycles. The summed E-state index contributed by atoms with van der Waals surface area (Å²) in [5, 5.41) is 12.9. The Balaban J connectivity index is 1.81. The molecular formula is C10H12N2O3S2. The Morgan fingerprint density at radius 3 is 3.00 bits per heavy atom. The lowest BCUT2D eigenvalue weighted by molar-refractivity contribution is -0.145. The predicted octanol–water partition coefficient (Wildman–Crippen LogP) is 0.640. The second kappa shape index (κ2) is 4.22. The van der Waals surface area contributed by atoms with Crippen LogP contribution in [0.1, 0.15) is 12.8 Å².